The Hall–Kier alpha value is -3.00. The first-order valence-electron chi connectivity index (χ1n) is 8.95. The van der Waals surface area contributed by atoms with E-state index in [2.05, 4.69) is 10.4 Å². The molecule has 0 fully saturated rings. The molecule has 2 atom stereocenters. The molecule has 1 amide bonds. The van der Waals surface area contributed by atoms with Crippen LogP contribution in [0.4, 0.5) is 14.5 Å². The van der Waals surface area contributed by atoms with Crippen molar-refractivity contribution in [3.63, 3.8) is 0 Å². The van der Waals surface area contributed by atoms with Crippen LogP contribution in [0.15, 0.2) is 47.6 Å². The molecule has 2 aliphatic rings. The number of benzene rings is 2. The van der Waals surface area contributed by atoms with Gasteiger partial charge in [0.1, 0.15) is 11.6 Å². The normalized spacial score (nSPS) is 23.1. The lowest BCUT2D eigenvalue weighted by atomic mass is 9.81. The average molecular weight is 387 g/mol. The van der Waals surface area contributed by atoms with Crippen LogP contribution in [0, 0.1) is 17.6 Å². The highest BCUT2D eigenvalue weighted by Crippen LogP contribution is 2.49. The minimum atomic E-state index is -1.36. The average Bonchev–Trinajstić information content (AvgIpc) is 3.08. The molecule has 6 nitrogen and oxygen atoms in total. The topological polar surface area (TPSA) is 74.2 Å². The number of nitrogens with one attached hydrogen (secondary N) is 1. The zero-order valence-electron chi connectivity index (χ0n) is 15.2. The summed E-state index contributed by atoms with van der Waals surface area (Å²) in [6, 6.07) is 10.2. The zero-order chi connectivity index (χ0) is 19.9. The van der Waals surface area contributed by atoms with Crippen molar-refractivity contribution >= 4 is 17.5 Å². The monoisotopic (exact) mass is 387 g/mol. The van der Waals surface area contributed by atoms with Gasteiger partial charge in [-0.15, -0.1) is 5.10 Å². The molecule has 2 heterocycles. The van der Waals surface area contributed by atoms with E-state index in [-0.39, 0.29) is 24.0 Å². The summed E-state index contributed by atoms with van der Waals surface area (Å²) in [6.45, 7) is 1.62. The number of carbonyl (C=O) groups excluding carboxylic acids is 1. The number of para-hydroxylation sites is 1. The summed E-state index contributed by atoms with van der Waals surface area (Å²) < 4.78 is 34.3. The number of hydrogen-bond acceptors (Lipinski definition) is 5. The van der Waals surface area contributed by atoms with E-state index in [4.69, 9.17) is 4.74 Å². The maximum atomic E-state index is 14.4. The molecule has 28 heavy (non-hydrogen) atoms. The third-order valence-electron chi connectivity index (χ3n) is 5.10. The van der Waals surface area contributed by atoms with E-state index in [0.717, 1.165) is 23.9 Å². The van der Waals surface area contributed by atoms with Crippen LogP contribution in [-0.4, -0.2) is 35.1 Å². The number of anilines is 1. The van der Waals surface area contributed by atoms with Gasteiger partial charge in [0.15, 0.2) is 0 Å². The SMILES string of the molecule is CC(=O)N1N=C(c2cc(F)ccc2F)OC12c1ccccc1NCC2CCO. The second-order valence-electron chi connectivity index (χ2n) is 6.79. The molecule has 2 aromatic rings. The number of ether oxygens (including phenoxy) is 1. The summed E-state index contributed by atoms with van der Waals surface area (Å²) in [6.07, 6.45) is 0.319. The van der Waals surface area contributed by atoms with Gasteiger partial charge in [-0.3, -0.25) is 4.79 Å². The smallest absolute Gasteiger partial charge is 0.244 e. The summed E-state index contributed by atoms with van der Waals surface area (Å²) in [5.41, 5.74) is -0.128. The Morgan fingerprint density at radius 1 is 1.36 bits per heavy atom. The Labute approximate surface area is 160 Å². The highest BCUT2D eigenvalue weighted by molar-refractivity contribution is 5.97. The molecule has 2 aromatic carbocycles. The zero-order valence-corrected chi connectivity index (χ0v) is 15.2. The van der Waals surface area contributed by atoms with E-state index in [9.17, 15) is 18.7 Å². The van der Waals surface area contributed by atoms with Crippen LogP contribution in [0.1, 0.15) is 24.5 Å². The molecular weight excluding hydrogens is 368 g/mol. The van der Waals surface area contributed by atoms with Gasteiger partial charge in [-0.2, -0.15) is 5.01 Å². The van der Waals surface area contributed by atoms with E-state index in [1.807, 2.05) is 12.1 Å². The van der Waals surface area contributed by atoms with Crippen LogP contribution >= 0.6 is 0 Å². The van der Waals surface area contributed by atoms with Crippen molar-refractivity contribution in [2.45, 2.75) is 19.1 Å². The molecule has 0 aromatic heterocycles. The van der Waals surface area contributed by atoms with Gasteiger partial charge in [0, 0.05) is 37.2 Å². The van der Waals surface area contributed by atoms with E-state index in [1.165, 1.54) is 11.9 Å². The molecule has 8 heteroatoms. The number of hydrazone groups is 1. The lowest BCUT2D eigenvalue weighted by Crippen LogP contribution is -2.54. The Morgan fingerprint density at radius 2 is 2.14 bits per heavy atom. The van der Waals surface area contributed by atoms with E-state index >= 15 is 0 Å². The van der Waals surface area contributed by atoms with Crippen LogP contribution in [-0.2, 0) is 15.3 Å². The number of carbonyl (C=O) groups is 1. The first kappa shape index (κ1) is 18.4. The highest BCUT2D eigenvalue weighted by Gasteiger charge is 2.57. The van der Waals surface area contributed by atoms with Crippen molar-refractivity contribution in [3.05, 3.63) is 65.2 Å². The second-order valence-corrected chi connectivity index (χ2v) is 6.79. The molecule has 146 valence electrons. The van der Waals surface area contributed by atoms with Gasteiger partial charge in [-0.05, 0) is 30.7 Å². The largest absolute Gasteiger partial charge is 0.442 e. The van der Waals surface area contributed by atoms with Gasteiger partial charge in [0.05, 0.1) is 5.56 Å². The predicted molar refractivity (Wildman–Crippen MR) is 98.3 cm³/mol. The Morgan fingerprint density at radius 3 is 2.89 bits per heavy atom. The van der Waals surface area contributed by atoms with E-state index in [0.29, 0.717) is 18.5 Å². The van der Waals surface area contributed by atoms with Crippen LogP contribution in [0.25, 0.3) is 0 Å². The van der Waals surface area contributed by atoms with Gasteiger partial charge < -0.3 is 15.2 Å². The molecule has 0 saturated carbocycles. The van der Waals surface area contributed by atoms with Crippen LogP contribution < -0.4 is 5.32 Å². The fourth-order valence-corrected chi connectivity index (χ4v) is 3.87. The van der Waals surface area contributed by atoms with E-state index in [1.54, 1.807) is 12.1 Å². The molecule has 0 radical (unpaired) electrons. The summed E-state index contributed by atoms with van der Waals surface area (Å²) in [5, 5.41) is 18.2. The minimum absolute atomic E-state index is 0.130. The van der Waals surface area contributed by atoms with Crippen LogP contribution in [0.3, 0.4) is 0 Å². The number of aliphatic hydroxyl groups excluding tert-OH is 1. The third kappa shape index (κ3) is 2.72. The lowest BCUT2D eigenvalue weighted by molar-refractivity contribution is -0.161. The maximum Gasteiger partial charge on any atom is 0.244 e. The molecule has 2 N–H and O–H groups in total. The van der Waals surface area contributed by atoms with Gasteiger partial charge in [-0.25, -0.2) is 8.78 Å². The molecule has 4 rings (SSSR count). The quantitative estimate of drug-likeness (QED) is 0.850. The van der Waals surface area contributed by atoms with E-state index < -0.39 is 23.3 Å². The summed E-state index contributed by atoms with van der Waals surface area (Å²) in [7, 11) is 0. The van der Waals surface area contributed by atoms with Crippen molar-refractivity contribution < 1.29 is 23.4 Å². The number of fused-ring (bicyclic) bond motifs is 2. The van der Waals surface area contributed by atoms with Crippen molar-refractivity contribution in [1.82, 2.24) is 5.01 Å². The maximum absolute atomic E-state index is 14.4. The standard InChI is InChI=1S/C20H19F2N3O3/c1-12(27)25-20(28-19(24-25)15-10-14(21)6-7-17(15)22)13(8-9-26)11-23-18-5-3-2-4-16(18)20/h2-7,10,13,23,26H,8-9,11H2,1H3. The van der Waals surface area contributed by atoms with Crippen LogP contribution in [0.5, 0.6) is 0 Å². The Bertz CT molecular complexity index is 965. The summed E-state index contributed by atoms with van der Waals surface area (Å²) in [4.78, 5) is 12.5. The number of hydrogen-bond donors (Lipinski definition) is 2. The molecule has 1 spiro atoms. The Kier molecular flexibility index (Phi) is 4.50. The molecule has 0 bridgehead atoms. The van der Waals surface area contributed by atoms with Gasteiger partial charge in [-0.1, -0.05) is 18.2 Å². The van der Waals surface area contributed by atoms with Crippen LogP contribution in [0.2, 0.25) is 0 Å². The predicted octanol–water partition coefficient (Wildman–Crippen LogP) is 2.78. The highest BCUT2D eigenvalue weighted by atomic mass is 19.1. The first-order chi connectivity index (χ1) is 13.5. The van der Waals surface area contributed by atoms with Crippen molar-refractivity contribution in [1.29, 1.82) is 0 Å². The number of rotatable bonds is 3. The number of nitrogens with zero attached hydrogens (tertiary/aromatic N) is 2. The molecule has 0 aliphatic carbocycles. The number of aliphatic hydroxyl groups is 1. The van der Waals surface area contributed by atoms with Crippen molar-refractivity contribution in [3.8, 4) is 0 Å². The van der Waals surface area contributed by atoms with Gasteiger partial charge in [0.25, 0.3) is 0 Å². The first-order valence-corrected chi connectivity index (χ1v) is 8.95. The lowest BCUT2D eigenvalue weighted by Gasteiger charge is -2.45. The van der Waals surface area contributed by atoms with Gasteiger partial charge >= 0.3 is 0 Å². The third-order valence-corrected chi connectivity index (χ3v) is 5.10. The molecular formula is C20H19F2N3O3. The molecule has 2 aliphatic heterocycles. The fraction of sp³-hybridized carbons (Fsp3) is 0.300. The van der Waals surface area contributed by atoms with Crippen molar-refractivity contribution in [2.24, 2.45) is 11.0 Å². The Balaban J connectivity index is 1.89. The molecule has 2 unspecified atom stereocenters. The van der Waals surface area contributed by atoms with Gasteiger partial charge in [0.2, 0.25) is 17.5 Å². The van der Waals surface area contributed by atoms with Crippen molar-refractivity contribution in [2.75, 3.05) is 18.5 Å². The summed E-state index contributed by atoms with van der Waals surface area (Å²) in [5.74, 6) is -2.30. The molecule has 0 saturated heterocycles. The summed E-state index contributed by atoms with van der Waals surface area (Å²) >= 11 is 0. The minimum Gasteiger partial charge on any atom is -0.442 e. The number of amides is 1. The fourth-order valence-electron chi connectivity index (χ4n) is 3.87. The number of halogens is 2. The second kappa shape index (κ2) is 6.87.